The number of carbonyl (C=O) groups excluding carboxylic acids is 1. The zero-order chi connectivity index (χ0) is 11.6. The highest BCUT2D eigenvalue weighted by Gasteiger charge is 1.91. The number of carbonyl (C=O) groups is 1. The van der Waals surface area contributed by atoms with Crippen LogP contribution in [0.1, 0.15) is 12.0 Å². The Morgan fingerprint density at radius 3 is 2.81 bits per heavy atom. The van der Waals surface area contributed by atoms with E-state index in [1.54, 1.807) is 0 Å². The van der Waals surface area contributed by atoms with Crippen molar-refractivity contribution in [1.29, 1.82) is 0 Å². The topological polar surface area (TPSA) is 38.3 Å². The van der Waals surface area contributed by atoms with E-state index in [9.17, 15) is 4.79 Å². The molecule has 0 aromatic heterocycles. The van der Waals surface area contributed by atoms with Crippen LogP contribution in [-0.2, 0) is 16.1 Å². The van der Waals surface area contributed by atoms with Crippen LogP contribution < -0.4 is 5.32 Å². The monoisotopic (exact) mass is 219 g/mol. The van der Waals surface area contributed by atoms with Gasteiger partial charge in [0.1, 0.15) is 0 Å². The smallest absolute Gasteiger partial charge is 0.330 e. The van der Waals surface area contributed by atoms with Crippen molar-refractivity contribution in [3.8, 4) is 0 Å². The van der Waals surface area contributed by atoms with Gasteiger partial charge in [0, 0.05) is 12.6 Å². The van der Waals surface area contributed by atoms with Crippen LogP contribution in [0.25, 0.3) is 0 Å². The maximum absolute atomic E-state index is 10.7. The quantitative estimate of drug-likeness (QED) is 0.451. The van der Waals surface area contributed by atoms with Gasteiger partial charge in [0.2, 0.25) is 0 Å². The van der Waals surface area contributed by atoms with Gasteiger partial charge in [-0.1, -0.05) is 36.4 Å². The summed E-state index contributed by atoms with van der Waals surface area (Å²) >= 11 is 0. The van der Waals surface area contributed by atoms with Gasteiger partial charge in [-0.05, 0) is 18.5 Å². The summed E-state index contributed by atoms with van der Waals surface area (Å²) < 4.78 is 4.48. The largest absolute Gasteiger partial charge is 0.466 e. The van der Waals surface area contributed by atoms with E-state index < -0.39 is 0 Å². The van der Waals surface area contributed by atoms with Crippen LogP contribution in [0, 0.1) is 0 Å². The molecule has 0 saturated heterocycles. The molecule has 86 valence electrons. The molecular formula is C13H17NO2. The zero-order valence-electron chi connectivity index (χ0n) is 9.48. The van der Waals surface area contributed by atoms with Crippen molar-refractivity contribution in [3.05, 3.63) is 48.0 Å². The van der Waals surface area contributed by atoms with Crippen molar-refractivity contribution >= 4 is 5.97 Å². The maximum atomic E-state index is 10.7. The van der Waals surface area contributed by atoms with Crippen molar-refractivity contribution < 1.29 is 9.53 Å². The molecule has 0 atom stereocenters. The van der Waals surface area contributed by atoms with E-state index in [-0.39, 0.29) is 5.97 Å². The lowest BCUT2D eigenvalue weighted by Gasteiger charge is -2.02. The molecule has 1 aromatic carbocycles. The highest BCUT2D eigenvalue weighted by molar-refractivity contribution is 5.81. The summed E-state index contributed by atoms with van der Waals surface area (Å²) in [5.41, 5.74) is 1.26. The molecule has 0 unspecified atom stereocenters. The molecule has 0 spiro atoms. The Balaban J connectivity index is 2.09. The first-order valence-electron chi connectivity index (χ1n) is 5.32. The summed E-state index contributed by atoms with van der Waals surface area (Å²) in [5, 5.41) is 3.29. The summed E-state index contributed by atoms with van der Waals surface area (Å²) in [5.74, 6) is -0.303. The first-order chi connectivity index (χ1) is 7.83. The summed E-state index contributed by atoms with van der Waals surface area (Å²) in [6.45, 7) is 1.70. The van der Waals surface area contributed by atoms with E-state index in [1.807, 2.05) is 24.3 Å². The molecule has 1 N–H and O–H groups in total. The first-order valence-corrected chi connectivity index (χ1v) is 5.32. The molecule has 0 aliphatic rings. The first kappa shape index (κ1) is 12.5. The SMILES string of the molecule is COC(=O)C=CCCNCc1ccccc1. The van der Waals surface area contributed by atoms with Gasteiger partial charge in [-0.2, -0.15) is 0 Å². The van der Waals surface area contributed by atoms with E-state index >= 15 is 0 Å². The number of benzene rings is 1. The lowest BCUT2D eigenvalue weighted by molar-refractivity contribution is -0.134. The minimum atomic E-state index is -0.303. The normalized spacial score (nSPS) is 10.6. The zero-order valence-corrected chi connectivity index (χ0v) is 9.48. The van der Waals surface area contributed by atoms with Crippen molar-refractivity contribution in [2.75, 3.05) is 13.7 Å². The highest BCUT2D eigenvalue weighted by atomic mass is 16.5. The van der Waals surface area contributed by atoms with Crippen LogP contribution >= 0.6 is 0 Å². The molecule has 1 aromatic rings. The Bertz CT molecular complexity index is 333. The highest BCUT2D eigenvalue weighted by Crippen LogP contribution is 1.97. The standard InChI is InChI=1S/C13H17NO2/c1-16-13(15)9-5-6-10-14-11-12-7-3-2-4-8-12/h2-5,7-9,14H,6,10-11H2,1H3. The molecular weight excluding hydrogens is 202 g/mol. The number of rotatable bonds is 6. The molecule has 16 heavy (non-hydrogen) atoms. The van der Waals surface area contributed by atoms with Gasteiger partial charge in [0.25, 0.3) is 0 Å². The van der Waals surface area contributed by atoms with Crippen LogP contribution in [0.15, 0.2) is 42.5 Å². The lowest BCUT2D eigenvalue weighted by atomic mass is 10.2. The Labute approximate surface area is 96.1 Å². The van der Waals surface area contributed by atoms with Gasteiger partial charge in [-0.3, -0.25) is 0 Å². The van der Waals surface area contributed by atoms with Crippen LogP contribution in [0.5, 0.6) is 0 Å². The van der Waals surface area contributed by atoms with Crippen molar-refractivity contribution in [2.45, 2.75) is 13.0 Å². The molecule has 0 heterocycles. The van der Waals surface area contributed by atoms with Gasteiger partial charge in [0.05, 0.1) is 7.11 Å². The average molecular weight is 219 g/mol. The second-order valence-corrected chi connectivity index (χ2v) is 3.38. The Hall–Kier alpha value is -1.61. The summed E-state index contributed by atoms with van der Waals surface area (Å²) in [6, 6.07) is 10.2. The van der Waals surface area contributed by atoms with E-state index in [0.717, 1.165) is 19.5 Å². The third-order valence-corrected chi connectivity index (χ3v) is 2.11. The van der Waals surface area contributed by atoms with Crippen LogP contribution in [-0.4, -0.2) is 19.6 Å². The number of hydrogen-bond acceptors (Lipinski definition) is 3. The van der Waals surface area contributed by atoms with Crippen LogP contribution in [0.3, 0.4) is 0 Å². The molecule has 0 aliphatic carbocycles. The summed E-state index contributed by atoms with van der Waals surface area (Å²) in [6.07, 6.45) is 4.08. The Morgan fingerprint density at radius 1 is 1.38 bits per heavy atom. The number of esters is 1. The molecule has 0 aliphatic heterocycles. The fraction of sp³-hybridized carbons (Fsp3) is 0.308. The lowest BCUT2D eigenvalue weighted by Crippen LogP contribution is -2.13. The summed E-state index contributed by atoms with van der Waals surface area (Å²) in [4.78, 5) is 10.7. The van der Waals surface area contributed by atoms with Crippen molar-refractivity contribution in [3.63, 3.8) is 0 Å². The molecule has 3 heteroatoms. The van der Waals surface area contributed by atoms with E-state index in [0.29, 0.717) is 0 Å². The van der Waals surface area contributed by atoms with Gasteiger partial charge in [-0.25, -0.2) is 4.79 Å². The van der Waals surface area contributed by atoms with Crippen LogP contribution in [0.2, 0.25) is 0 Å². The van der Waals surface area contributed by atoms with Crippen molar-refractivity contribution in [2.24, 2.45) is 0 Å². The van der Waals surface area contributed by atoms with Gasteiger partial charge in [0.15, 0.2) is 0 Å². The van der Waals surface area contributed by atoms with E-state index in [1.165, 1.54) is 18.7 Å². The fourth-order valence-electron chi connectivity index (χ4n) is 1.26. The van der Waals surface area contributed by atoms with Gasteiger partial charge >= 0.3 is 5.97 Å². The second-order valence-electron chi connectivity index (χ2n) is 3.38. The Morgan fingerprint density at radius 2 is 2.12 bits per heavy atom. The number of ether oxygens (including phenoxy) is 1. The van der Waals surface area contributed by atoms with Crippen LogP contribution in [0.4, 0.5) is 0 Å². The van der Waals surface area contributed by atoms with Gasteiger partial charge in [-0.15, -0.1) is 0 Å². The average Bonchev–Trinajstić information content (AvgIpc) is 2.34. The van der Waals surface area contributed by atoms with E-state index in [2.05, 4.69) is 22.2 Å². The molecule has 1 rings (SSSR count). The molecule has 3 nitrogen and oxygen atoms in total. The third-order valence-electron chi connectivity index (χ3n) is 2.11. The minimum absolute atomic E-state index is 0.303. The molecule has 0 saturated carbocycles. The van der Waals surface area contributed by atoms with Crippen molar-refractivity contribution in [1.82, 2.24) is 5.32 Å². The van der Waals surface area contributed by atoms with Gasteiger partial charge < -0.3 is 10.1 Å². The number of hydrogen-bond donors (Lipinski definition) is 1. The predicted octanol–water partition coefficient (Wildman–Crippen LogP) is 1.90. The van der Waals surface area contributed by atoms with E-state index in [4.69, 9.17) is 0 Å². The number of methoxy groups -OCH3 is 1. The minimum Gasteiger partial charge on any atom is -0.466 e. The molecule has 0 radical (unpaired) electrons. The molecule has 0 amide bonds. The summed E-state index contributed by atoms with van der Waals surface area (Å²) in [7, 11) is 1.38. The number of nitrogens with one attached hydrogen (secondary N) is 1. The third kappa shape index (κ3) is 5.32. The second kappa shape index (κ2) is 7.65. The fourth-order valence-corrected chi connectivity index (χ4v) is 1.26. The predicted molar refractivity (Wildman–Crippen MR) is 63.9 cm³/mol. The molecule has 0 fully saturated rings. The maximum Gasteiger partial charge on any atom is 0.330 e. The molecule has 0 bridgehead atoms. The Kier molecular flexibility index (Phi) is 5.96.